The zero-order valence-electron chi connectivity index (χ0n) is 30.8. The van der Waals surface area contributed by atoms with Crippen molar-refractivity contribution in [3.8, 4) is 11.4 Å². The molecular formula is C40H46N6O6S. The number of rotatable bonds is 10. The zero-order chi connectivity index (χ0) is 37.6. The summed E-state index contributed by atoms with van der Waals surface area (Å²) < 4.78 is 7.91. The van der Waals surface area contributed by atoms with Crippen LogP contribution in [0.5, 0.6) is 5.75 Å². The third-order valence-electron chi connectivity index (χ3n) is 10.3. The van der Waals surface area contributed by atoms with Crippen LogP contribution in [0.1, 0.15) is 102 Å². The molecule has 1 atom stereocenters. The maximum Gasteiger partial charge on any atom is 0.339 e. The molecule has 278 valence electrons. The van der Waals surface area contributed by atoms with E-state index in [1.807, 2.05) is 50.2 Å². The molecule has 1 fully saturated rings. The van der Waals surface area contributed by atoms with Gasteiger partial charge in [0.05, 0.1) is 23.5 Å². The number of carbonyl (C=O) groups excluding carboxylic acids is 3. The quantitative estimate of drug-likeness (QED) is 0.130. The van der Waals surface area contributed by atoms with Crippen molar-refractivity contribution in [1.29, 1.82) is 0 Å². The number of anilines is 3. The second-order valence-corrected chi connectivity index (χ2v) is 16.4. The van der Waals surface area contributed by atoms with Crippen LogP contribution in [0.4, 0.5) is 21.3 Å². The fraction of sp³-hybridized carbons (Fsp3) is 0.425. The van der Waals surface area contributed by atoms with Crippen LogP contribution in [0, 0.1) is 12.8 Å². The van der Waals surface area contributed by atoms with Crippen LogP contribution in [0.15, 0.2) is 42.5 Å². The monoisotopic (exact) mass is 738 g/mol. The summed E-state index contributed by atoms with van der Waals surface area (Å²) in [5, 5.41) is 24.2. The Morgan fingerprint density at radius 1 is 1.00 bits per heavy atom. The van der Waals surface area contributed by atoms with E-state index >= 15 is 0 Å². The Morgan fingerprint density at radius 3 is 2.42 bits per heavy atom. The SMILES string of the molecule is CCC1CN(C(=O)COc2ccc(NC(=O)Nc3cc(C(C)(C)C)nn3-c3ccc(C)cc3)c3c2CCC3)Cc2sc(NC(=O)C3CC3)c(C(=O)O)c21. The van der Waals surface area contributed by atoms with Crippen molar-refractivity contribution in [2.24, 2.45) is 5.92 Å². The maximum atomic E-state index is 13.6. The number of fused-ring (bicyclic) bond motifs is 2. The molecule has 0 bridgehead atoms. The average Bonchev–Trinajstić information content (AvgIpc) is 3.50. The normalized spacial score (nSPS) is 16.5. The summed E-state index contributed by atoms with van der Waals surface area (Å²) in [5.74, 6) is -0.467. The summed E-state index contributed by atoms with van der Waals surface area (Å²) in [6.45, 7) is 10.7. The number of nitrogens with one attached hydrogen (secondary N) is 3. The van der Waals surface area contributed by atoms with Gasteiger partial charge in [-0.25, -0.2) is 14.3 Å². The largest absolute Gasteiger partial charge is 0.483 e. The number of ether oxygens (including phenoxy) is 1. The lowest BCUT2D eigenvalue weighted by Gasteiger charge is -2.33. The molecule has 2 aromatic carbocycles. The van der Waals surface area contributed by atoms with Gasteiger partial charge in [0.2, 0.25) is 5.91 Å². The van der Waals surface area contributed by atoms with Gasteiger partial charge < -0.3 is 25.4 Å². The van der Waals surface area contributed by atoms with Gasteiger partial charge in [0.25, 0.3) is 5.91 Å². The van der Waals surface area contributed by atoms with Gasteiger partial charge in [-0.05, 0) is 86.4 Å². The van der Waals surface area contributed by atoms with Gasteiger partial charge in [-0.3, -0.25) is 14.9 Å². The third kappa shape index (κ3) is 7.53. The molecule has 4 aromatic rings. The van der Waals surface area contributed by atoms with Crippen molar-refractivity contribution in [3.63, 3.8) is 0 Å². The van der Waals surface area contributed by atoms with Crippen LogP contribution in [0.25, 0.3) is 5.69 Å². The molecule has 4 N–H and O–H groups in total. The van der Waals surface area contributed by atoms with E-state index in [9.17, 15) is 24.3 Å². The Bertz CT molecular complexity index is 2090. The number of carboxylic acids is 1. The summed E-state index contributed by atoms with van der Waals surface area (Å²) in [7, 11) is 0. The fourth-order valence-electron chi connectivity index (χ4n) is 7.16. The van der Waals surface area contributed by atoms with E-state index in [1.54, 1.807) is 15.6 Å². The number of urea groups is 1. The Morgan fingerprint density at radius 2 is 1.74 bits per heavy atom. The second kappa shape index (κ2) is 14.3. The minimum absolute atomic E-state index is 0.0571. The van der Waals surface area contributed by atoms with E-state index in [4.69, 9.17) is 9.84 Å². The highest BCUT2D eigenvalue weighted by atomic mass is 32.1. The van der Waals surface area contributed by atoms with E-state index in [-0.39, 0.29) is 53.8 Å². The van der Waals surface area contributed by atoms with Crippen molar-refractivity contribution in [3.05, 3.63) is 80.9 Å². The lowest BCUT2D eigenvalue weighted by atomic mass is 9.89. The number of aromatic carboxylic acids is 1. The lowest BCUT2D eigenvalue weighted by molar-refractivity contribution is -0.134. The van der Waals surface area contributed by atoms with Crippen LogP contribution >= 0.6 is 11.3 Å². The minimum Gasteiger partial charge on any atom is -0.483 e. The summed E-state index contributed by atoms with van der Waals surface area (Å²) in [6, 6.07) is 13.1. The topological polar surface area (TPSA) is 155 Å². The molecule has 0 radical (unpaired) electrons. The molecule has 12 nitrogen and oxygen atoms in total. The van der Waals surface area contributed by atoms with Crippen molar-refractivity contribution < 1.29 is 29.0 Å². The Balaban J connectivity index is 1.03. The van der Waals surface area contributed by atoms with Crippen LogP contribution in [0.2, 0.25) is 0 Å². The molecule has 4 amide bonds. The summed E-state index contributed by atoms with van der Waals surface area (Å²) in [6.07, 6.45) is 4.70. The Hall–Kier alpha value is -5.17. The van der Waals surface area contributed by atoms with Gasteiger partial charge in [0.15, 0.2) is 6.61 Å². The van der Waals surface area contributed by atoms with E-state index in [1.165, 1.54) is 11.3 Å². The van der Waals surface area contributed by atoms with Gasteiger partial charge >= 0.3 is 12.0 Å². The second-order valence-electron chi connectivity index (χ2n) is 15.3. The molecule has 0 spiro atoms. The highest BCUT2D eigenvalue weighted by Gasteiger charge is 2.37. The first-order valence-electron chi connectivity index (χ1n) is 18.3. The summed E-state index contributed by atoms with van der Waals surface area (Å²) in [4.78, 5) is 54.4. The molecule has 3 heterocycles. The van der Waals surface area contributed by atoms with Crippen molar-refractivity contribution in [2.75, 3.05) is 29.1 Å². The van der Waals surface area contributed by atoms with Crippen LogP contribution < -0.4 is 20.7 Å². The number of aryl methyl sites for hydroxylation is 1. The van der Waals surface area contributed by atoms with Crippen LogP contribution in [0.3, 0.4) is 0 Å². The first-order chi connectivity index (χ1) is 25.3. The van der Waals surface area contributed by atoms with Crippen LogP contribution in [-0.2, 0) is 34.4 Å². The number of thiophene rings is 1. The number of nitrogens with zero attached hydrogens (tertiary/aromatic N) is 3. The van der Waals surface area contributed by atoms with Gasteiger partial charge in [-0.15, -0.1) is 11.3 Å². The predicted molar refractivity (Wildman–Crippen MR) is 205 cm³/mol. The molecule has 2 aromatic heterocycles. The first kappa shape index (κ1) is 36.2. The summed E-state index contributed by atoms with van der Waals surface area (Å²) >= 11 is 1.25. The molecule has 1 unspecified atom stereocenters. The number of amides is 4. The van der Waals surface area contributed by atoms with E-state index < -0.39 is 5.97 Å². The number of benzene rings is 2. The summed E-state index contributed by atoms with van der Waals surface area (Å²) in [5.41, 5.74) is 6.13. The number of carboxylic acid groups (broad SMARTS) is 1. The minimum atomic E-state index is -1.07. The molecule has 3 aliphatic rings. The van der Waals surface area contributed by atoms with Gasteiger partial charge in [0.1, 0.15) is 16.6 Å². The predicted octanol–water partition coefficient (Wildman–Crippen LogP) is 7.63. The molecule has 13 heteroatoms. The molecule has 2 aliphatic carbocycles. The molecular weight excluding hydrogens is 693 g/mol. The van der Waals surface area contributed by atoms with E-state index in [0.29, 0.717) is 35.2 Å². The fourth-order valence-corrected chi connectivity index (χ4v) is 8.46. The first-order valence-corrected chi connectivity index (χ1v) is 19.1. The van der Waals surface area contributed by atoms with Crippen molar-refractivity contribution in [2.45, 2.75) is 91.0 Å². The zero-order valence-corrected chi connectivity index (χ0v) is 31.6. The molecule has 1 saturated carbocycles. The highest BCUT2D eigenvalue weighted by Crippen LogP contribution is 2.44. The third-order valence-corrected chi connectivity index (χ3v) is 11.4. The van der Waals surface area contributed by atoms with Gasteiger partial charge in [-0.1, -0.05) is 45.4 Å². The van der Waals surface area contributed by atoms with Gasteiger partial charge in [-0.2, -0.15) is 5.10 Å². The van der Waals surface area contributed by atoms with E-state index in [0.717, 1.165) is 70.6 Å². The number of hydrogen-bond acceptors (Lipinski definition) is 7. The Kier molecular flexibility index (Phi) is 9.79. The molecule has 7 rings (SSSR count). The van der Waals surface area contributed by atoms with Crippen molar-refractivity contribution in [1.82, 2.24) is 14.7 Å². The standard InChI is InChI=1S/C40H46N6O6S/c1-6-23-19-45(20-30-34(23)35(38(49)50)37(53-30)43-36(48)24-12-13-24)33(47)21-52-29-17-16-28(26-8-7-9-27(26)29)41-39(51)42-32-18-31(40(3,4)5)44-46(32)25-14-10-22(2)11-15-25/h10-11,14-18,23-24H,6-9,12-13,19-21H2,1-5H3,(H,43,48)(H,49,50)(H2,41,42,51). The Labute approximate surface area is 312 Å². The lowest BCUT2D eigenvalue weighted by Crippen LogP contribution is -2.40. The smallest absolute Gasteiger partial charge is 0.339 e. The highest BCUT2D eigenvalue weighted by molar-refractivity contribution is 7.17. The van der Waals surface area contributed by atoms with Gasteiger partial charge in [0, 0.05) is 40.4 Å². The molecule has 0 saturated heterocycles. The van der Waals surface area contributed by atoms with Crippen LogP contribution in [-0.4, -0.2) is 56.8 Å². The number of carbonyl (C=O) groups is 4. The number of hydrogen-bond donors (Lipinski definition) is 4. The van der Waals surface area contributed by atoms with Crippen molar-refractivity contribution >= 4 is 51.7 Å². The average molecular weight is 739 g/mol. The van der Waals surface area contributed by atoms with E-state index in [2.05, 4.69) is 36.7 Å². The maximum absolute atomic E-state index is 13.6. The molecule has 1 aliphatic heterocycles. The molecule has 53 heavy (non-hydrogen) atoms. The number of aromatic nitrogens is 2.